The van der Waals surface area contributed by atoms with E-state index < -0.39 is 0 Å². The molecule has 0 atom stereocenters. The number of aromatic nitrogens is 2. The first-order valence-corrected chi connectivity index (χ1v) is 6.27. The zero-order valence-electron chi connectivity index (χ0n) is 9.95. The van der Waals surface area contributed by atoms with Crippen molar-refractivity contribution in [2.45, 2.75) is 6.92 Å². The summed E-state index contributed by atoms with van der Waals surface area (Å²) in [5, 5.41) is 3.12. The number of aryl methyl sites for hydroxylation is 1. The summed E-state index contributed by atoms with van der Waals surface area (Å²) in [6.45, 7) is 6.14. The van der Waals surface area contributed by atoms with E-state index in [0.29, 0.717) is 18.2 Å². The standard InChI is InChI=1S/C13H13BrFN3/c1-3-6-16-13-17-9(2)8-18(13)12-7-10(15)4-5-11(12)14/h3-5,7-8H,1,6H2,2H3,(H,16,17). The summed E-state index contributed by atoms with van der Waals surface area (Å²) >= 11 is 3.42. The van der Waals surface area contributed by atoms with E-state index in [4.69, 9.17) is 0 Å². The number of anilines is 1. The molecule has 0 spiro atoms. The minimum absolute atomic E-state index is 0.283. The second-order valence-corrected chi connectivity index (χ2v) is 4.70. The molecule has 0 bridgehead atoms. The van der Waals surface area contributed by atoms with Crippen molar-refractivity contribution in [1.29, 1.82) is 0 Å². The molecule has 1 aromatic heterocycles. The van der Waals surface area contributed by atoms with Gasteiger partial charge in [0.1, 0.15) is 5.82 Å². The van der Waals surface area contributed by atoms with Crippen LogP contribution in [0.2, 0.25) is 0 Å². The molecule has 0 aliphatic heterocycles. The maximum absolute atomic E-state index is 13.3. The van der Waals surface area contributed by atoms with Gasteiger partial charge in [0.05, 0.1) is 11.4 Å². The largest absolute Gasteiger partial charge is 0.352 e. The smallest absolute Gasteiger partial charge is 0.208 e. The van der Waals surface area contributed by atoms with Crippen LogP contribution in [0.25, 0.3) is 5.69 Å². The van der Waals surface area contributed by atoms with Crippen LogP contribution in [0.1, 0.15) is 5.69 Å². The lowest BCUT2D eigenvalue weighted by Crippen LogP contribution is -2.06. The van der Waals surface area contributed by atoms with Gasteiger partial charge in [-0.1, -0.05) is 6.08 Å². The molecule has 0 unspecified atom stereocenters. The van der Waals surface area contributed by atoms with Gasteiger partial charge in [0.15, 0.2) is 0 Å². The van der Waals surface area contributed by atoms with Crippen molar-refractivity contribution < 1.29 is 4.39 Å². The molecular formula is C13H13BrFN3. The van der Waals surface area contributed by atoms with Gasteiger partial charge in [0.25, 0.3) is 0 Å². The molecule has 0 saturated carbocycles. The van der Waals surface area contributed by atoms with Crippen molar-refractivity contribution in [3.63, 3.8) is 0 Å². The first-order valence-electron chi connectivity index (χ1n) is 5.48. The number of imidazole rings is 1. The van der Waals surface area contributed by atoms with Crippen molar-refractivity contribution in [2.24, 2.45) is 0 Å². The number of nitrogens with one attached hydrogen (secondary N) is 1. The Morgan fingerprint density at radius 1 is 1.56 bits per heavy atom. The Labute approximate surface area is 113 Å². The highest BCUT2D eigenvalue weighted by Gasteiger charge is 2.10. The molecule has 0 aliphatic rings. The van der Waals surface area contributed by atoms with Gasteiger partial charge >= 0.3 is 0 Å². The third-order valence-electron chi connectivity index (χ3n) is 2.40. The van der Waals surface area contributed by atoms with E-state index in [1.54, 1.807) is 12.1 Å². The zero-order chi connectivity index (χ0) is 13.1. The van der Waals surface area contributed by atoms with Crippen molar-refractivity contribution >= 4 is 21.9 Å². The van der Waals surface area contributed by atoms with Gasteiger partial charge in [-0.15, -0.1) is 6.58 Å². The topological polar surface area (TPSA) is 29.9 Å². The summed E-state index contributed by atoms with van der Waals surface area (Å²) in [6.07, 6.45) is 3.60. The molecule has 1 heterocycles. The fraction of sp³-hybridized carbons (Fsp3) is 0.154. The summed E-state index contributed by atoms with van der Waals surface area (Å²) in [5.74, 6) is 0.382. The van der Waals surface area contributed by atoms with Gasteiger partial charge in [0, 0.05) is 17.2 Å². The molecule has 2 rings (SSSR count). The second kappa shape index (κ2) is 5.35. The van der Waals surface area contributed by atoms with Crippen molar-refractivity contribution in [1.82, 2.24) is 9.55 Å². The summed E-state index contributed by atoms with van der Waals surface area (Å²) in [6, 6.07) is 4.55. The number of hydrogen-bond acceptors (Lipinski definition) is 2. The second-order valence-electron chi connectivity index (χ2n) is 3.84. The molecule has 1 aromatic carbocycles. The number of benzene rings is 1. The lowest BCUT2D eigenvalue weighted by molar-refractivity contribution is 0.626. The minimum Gasteiger partial charge on any atom is -0.352 e. The number of nitrogens with zero attached hydrogens (tertiary/aromatic N) is 2. The molecule has 18 heavy (non-hydrogen) atoms. The predicted molar refractivity (Wildman–Crippen MR) is 74.6 cm³/mol. The van der Waals surface area contributed by atoms with E-state index >= 15 is 0 Å². The maximum atomic E-state index is 13.3. The zero-order valence-corrected chi connectivity index (χ0v) is 11.5. The van der Waals surface area contributed by atoms with E-state index in [1.807, 2.05) is 17.7 Å². The first kappa shape index (κ1) is 12.8. The quantitative estimate of drug-likeness (QED) is 0.873. The minimum atomic E-state index is -0.283. The van der Waals surface area contributed by atoms with Gasteiger partial charge in [-0.3, -0.25) is 4.57 Å². The Morgan fingerprint density at radius 3 is 3.06 bits per heavy atom. The van der Waals surface area contributed by atoms with Crippen molar-refractivity contribution in [2.75, 3.05) is 11.9 Å². The molecule has 0 fully saturated rings. The van der Waals surface area contributed by atoms with E-state index in [9.17, 15) is 4.39 Å². The molecular weight excluding hydrogens is 297 g/mol. The molecule has 3 nitrogen and oxygen atoms in total. The summed E-state index contributed by atoms with van der Waals surface area (Å²) in [4.78, 5) is 4.36. The van der Waals surface area contributed by atoms with Crippen LogP contribution in [0.15, 0.2) is 41.5 Å². The van der Waals surface area contributed by atoms with Gasteiger partial charge in [-0.25, -0.2) is 9.37 Å². The normalized spacial score (nSPS) is 10.4. The average molecular weight is 310 g/mol. The first-order chi connectivity index (χ1) is 8.61. The van der Waals surface area contributed by atoms with Gasteiger partial charge < -0.3 is 5.32 Å². The van der Waals surface area contributed by atoms with Crippen LogP contribution in [0.4, 0.5) is 10.3 Å². The third kappa shape index (κ3) is 2.61. The van der Waals surface area contributed by atoms with E-state index in [-0.39, 0.29) is 5.82 Å². The number of hydrogen-bond donors (Lipinski definition) is 1. The van der Waals surface area contributed by atoms with Crippen LogP contribution in [0.3, 0.4) is 0 Å². The predicted octanol–water partition coefficient (Wildman–Crippen LogP) is 3.68. The Bertz CT molecular complexity index is 578. The molecule has 2 aromatic rings. The lowest BCUT2D eigenvalue weighted by atomic mass is 10.3. The summed E-state index contributed by atoms with van der Waals surface area (Å²) in [5.41, 5.74) is 1.57. The van der Waals surface area contributed by atoms with E-state index in [1.165, 1.54) is 12.1 Å². The van der Waals surface area contributed by atoms with E-state index in [2.05, 4.69) is 32.8 Å². The Kier molecular flexibility index (Phi) is 3.81. The maximum Gasteiger partial charge on any atom is 0.208 e. The van der Waals surface area contributed by atoms with Crippen LogP contribution in [-0.4, -0.2) is 16.1 Å². The molecule has 1 N–H and O–H groups in total. The highest BCUT2D eigenvalue weighted by molar-refractivity contribution is 9.10. The highest BCUT2D eigenvalue weighted by atomic mass is 79.9. The molecule has 0 amide bonds. The van der Waals surface area contributed by atoms with Crippen molar-refractivity contribution in [3.8, 4) is 5.69 Å². The van der Waals surface area contributed by atoms with Gasteiger partial charge in [-0.2, -0.15) is 0 Å². The van der Waals surface area contributed by atoms with Crippen LogP contribution in [0, 0.1) is 12.7 Å². The molecule has 0 aliphatic carbocycles. The molecule has 5 heteroatoms. The van der Waals surface area contributed by atoms with Crippen LogP contribution in [0.5, 0.6) is 0 Å². The monoisotopic (exact) mass is 309 g/mol. The summed E-state index contributed by atoms with van der Waals surface area (Å²) in [7, 11) is 0. The fourth-order valence-electron chi connectivity index (χ4n) is 1.64. The Hall–Kier alpha value is -1.62. The van der Waals surface area contributed by atoms with Crippen LogP contribution in [-0.2, 0) is 0 Å². The van der Waals surface area contributed by atoms with E-state index in [0.717, 1.165) is 10.2 Å². The molecule has 94 valence electrons. The van der Waals surface area contributed by atoms with Crippen molar-refractivity contribution in [3.05, 3.63) is 53.0 Å². The van der Waals surface area contributed by atoms with Crippen LogP contribution < -0.4 is 5.32 Å². The number of halogens is 2. The molecule has 0 saturated heterocycles. The fourth-order valence-corrected chi connectivity index (χ4v) is 2.08. The third-order valence-corrected chi connectivity index (χ3v) is 3.07. The lowest BCUT2D eigenvalue weighted by Gasteiger charge is -2.10. The number of rotatable bonds is 4. The highest BCUT2D eigenvalue weighted by Crippen LogP contribution is 2.25. The average Bonchev–Trinajstić information content (AvgIpc) is 2.71. The van der Waals surface area contributed by atoms with Gasteiger partial charge in [0.2, 0.25) is 5.95 Å². The molecule has 0 radical (unpaired) electrons. The SMILES string of the molecule is C=CCNc1nc(C)cn1-c1cc(F)ccc1Br. The van der Waals surface area contributed by atoms with Crippen LogP contribution >= 0.6 is 15.9 Å². The summed E-state index contributed by atoms with van der Waals surface area (Å²) < 4.78 is 16.0. The van der Waals surface area contributed by atoms with Gasteiger partial charge in [-0.05, 0) is 41.1 Å². The Balaban J connectivity index is 2.48. The Morgan fingerprint density at radius 2 is 2.33 bits per heavy atom.